The molecular formula is C28H32ClNO5. The van der Waals surface area contributed by atoms with E-state index in [1.807, 2.05) is 37.3 Å². The van der Waals surface area contributed by atoms with Gasteiger partial charge in [0, 0.05) is 40.8 Å². The van der Waals surface area contributed by atoms with E-state index in [1.54, 1.807) is 17.2 Å². The van der Waals surface area contributed by atoms with Crippen molar-refractivity contribution < 1.29 is 24.6 Å². The summed E-state index contributed by atoms with van der Waals surface area (Å²) >= 11 is 6.02. The molecule has 5 aliphatic rings. The SMILES string of the molecule is C[C@]12C=CC(=O)C=C1CC[C@@H]1C2[C@@H](O)C[C@@]2(C)C1C[C@H]1CN(Cc3ccc(Cl)cc3)O[C@]12C(=O)O. The van der Waals surface area contributed by atoms with Gasteiger partial charge in [-0.1, -0.05) is 49.2 Å². The zero-order valence-electron chi connectivity index (χ0n) is 20.1. The fourth-order valence-corrected chi connectivity index (χ4v) is 8.82. The van der Waals surface area contributed by atoms with Crippen LogP contribution in [0.1, 0.15) is 45.1 Å². The van der Waals surface area contributed by atoms with Crippen LogP contribution in [0.2, 0.25) is 5.02 Å². The van der Waals surface area contributed by atoms with Crippen LogP contribution >= 0.6 is 11.6 Å². The first-order chi connectivity index (χ1) is 16.6. The van der Waals surface area contributed by atoms with Gasteiger partial charge in [-0.2, -0.15) is 5.06 Å². The molecule has 0 bridgehead atoms. The molecule has 35 heavy (non-hydrogen) atoms. The first-order valence-electron chi connectivity index (χ1n) is 12.6. The summed E-state index contributed by atoms with van der Waals surface area (Å²) in [5.74, 6) is -0.776. The summed E-state index contributed by atoms with van der Waals surface area (Å²) in [7, 11) is 0. The van der Waals surface area contributed by atoms with E-state index in [2.05, 4.69) is 6.92 Å². The Bertz CT molecular complexity index is 1150. The number of ketones is 1. The second-order valence-corrected chi connectivity index (χ2v) is 12.2. The van der Waals surface area contributed by atoms with Gasteiger partial charge in [0.05, 0.1) is 6.10 Å². The molecule has 6 nitrogen and oxygen atoms in total. The van der Waals surface area contributed by atoms with E-state index >= 15 is 0 Å². The molecule has 0 aromatic heterocycles. The molecule has 2 N–H and O–H groups in total. The zero-order valence-corrected chi connectivity index (χ0v) is 20.9. The molecule has 1 aliphatic heterocycles. The van der Waals surface area contributed by atoms with E-state index in [4.69, 9.17) is 16.4 Å². The molecule has 6 rings (SSSR count). The number of aliphatic carboxylic acids is 1. The smallest absolute Gasteiger partial charge is 0.339 e. The molecule has 8 atom stereocenters. The number of halogens is 1. The van der Waals surface area contributed by atoms with Crippen molar-refractivity contribution in [2.45, 2.75) is 57.8 Å². The normalized spacial score (nSPS) is 44.3. The number of carbonyl (C=O) groups is 2. The van der Waals surface area contributed by atoms with Gasteiger partial charge in [0.1, 0.15) is 0 Å². The van der Waals surface area contributed by atoms with E-state index in [9.17, 15) is 19.8 Å². The lowest BCUT2D eigenvalue weighted by Crippen LogP contribution is -2.62. The van der Waals surface area contributed by atoms with Crippen molar-refractivity contribution in [1.29, 1.82) is 0 Å². The van der Waals surface area contributed by atoms with Gasteiger partial charge in [0.15, 0.2) is 11.4 Å². The summed E-state index contributed by atoms with van der Waals surface area (Å²) < 4.78 is 0. The van der Waals surface area contributed by atoms with Crippen molar-refractivity contribution >= 4 is 23.4 Å². The second kappa shape index (κ2) is 7.75. The number of carbonyl (C=O) groups excluding carboxylic acids is 1. The van der Waals surface area contributed by atoms with Gasteiger partial charge < -0.3 is 10.2 Å². The summed E-state index contributed by atoms with van der Waals surface area (Å²) in [5.41, 5.74) is -0.299. The van der Waals surface area contributed by atoms with Crippen LogP contribution in [0.3, 0.4) is 0 Å². The van der Waals surface area contributed by atoms with Gasteiger partial charge in [-0.3, -0.25) is 9.63 Å². The molecule has 0 radical (unpaired) electrons. The molecule has 2 unspecified atom stereocenters. The number of aliphatic hydroxyl groups is 1. The minimum absolute atomic E-state index is 0.0143. The summed E-state index contributed by atoms with van der Waals surface area (Å²) in [4.78, 5) is 31.5. The van der Waals surface area contributed by atoms with Gasteiger partial charge in [0.2, 0.25) is 0 Å². The third-order valence-electron chi connectivity index (χ3n) is 10.1. The van der Waals surface area contributed by atoms with Crippen molar-refractivity contribution in [3.05, 3.63) is 58.7 Å². The Labute approximate surface area is 210 Å². The third-order valence-corrected chi connectivity index (χ3v) is 10.4. The predicted molar refractivity (Wildman–Crippen MR) is 130 cm³/mol. The molecule has 0 spiro atoms. The standard InChI is InChI=1S/C28H32ClNO5/c1-26-10-9-20(31)11-17(26)5-8-21-22-12-18-15-30(14-16-3-6-19(29)7-4-16)35-28(18,25(33)34)27(22,2)13-23(32)24(21)26/h3-4,6-7,9-11,18,21-24,32H,5,8,12-15H2,1-2H3,(H,33,34)/t18-,21-,22?,23-,24?,26-,27-,28-/m0/s1. The molecule has 186 valence electrons. The van der Waals surface area contributed by atoms with Crippen molar-refractivity contribution in [2.24, 2.45) is 34.5 Å². The molecule has 1 saturated heterocycles. The van der Waals surface area contributed by atoms with Crippen molar-refractivity contribution in [2.75, 3.05) is 6.54 Å². The first-order valence-corrected chi connectivity index (χ1v) is 13.0. The summed E-state index contributed by atoms with van der Waals surface area (Å²) in [5, 5.41) is 24.7. The largest absolute Gasteiger partial charge is 0.479 e. The monoisotopic (exact) mass is 497 g/mol. The zero-order chi connectivity index (χ0) is 24.8. The minimum Gasteiger partial charge on any atom is -0.479 e. The summed E-state index contributed by atoms with van der Waals surface area (Å²) in [6.07, 6.45) is 7.51. The van der Waals surface area contributed by atoms with Gasteiger partial charge in [-0.15, -0.1) is 0 Å². The maximum absolute atomic E-state index is 13.0. The highest BCUT2D eigenvalue weighted by Crippen LogP contribution is 2.70. The Hall–Kier alpha value is -1.99. The average molecular weight is 498 g/mol. The number of hydrogen-bond acceptors (Lipinski definition) is 5. The Morgan fingerprint density at radius 1 is 1.26 bits per heavy atom. The topological polar surface area (TPSA) is 87.1 Å². The quantitative estimate of drug-likeness (QED) is 0.643. The highest BCUT2D eigenvalue weighted by Gasteiger charge is 2.76. The van der Waals surface area contributed by atoms with Crippen LogP contribution in [0.25, 0.3) is 0 Å². The molecule has 4 aliphatic carbocycles. The number of hydrogen-bond donors (Lipinski definition) is 2. The van der Waals surface area contributed by atoms with Crippen LogP contribution in [-0.2, 0) is 21.0 Å². The number of carboxylic acids is 1. The van der Waals surface area contributed by atoms with Crippen molar-refractivity contribution in [1.82, 2.24) is 5.06 Å². The van der Waals surface area contributed by atoms with Crippen LogP contribution in [0, 0.1) is 34.5 Å². The lowest BCUT2D eigenvalue weighted by molar-refractivity contribution is -0.262. The Balaban J connectivity index is 1.33. The Morgan fingerprint density at radius 3 is 2.71 bits per heavy atom. The van der Waals surface area contributed by atoms with Crippen LogP contribution in [0.15, 0.2) is 48.1 Å². The minimum atomic E-state index is -1.36. The Morgan fingerprint density at radius 2 is 2.00 bits per heavy atom. The number of benzene rings is 1. The molecule has 7 heteroatoms. The molecule has 1 heterocycles. The summed E-state index contributed by atoms with van der Waals surface area (Å²) in [6, 6.07) is 7.52. The average Bonchev–Trinajstić information content (AvgIpc) is 3.28. The van der Waals surface area contributed by atoms with E-state index < -0.39 is 23.1 Å². The molecule has 3 saturated carbocycles. The van der Waals surface area contributed by atoms with Gasteiger partial charge >= 0.3 is 5.97 Å². The highest BCUT2D eigenvalue weighted by atomic mass is 35.5. The molecule has 1 aromatic carbocycles. The fraction of sp³-hybridized carbons (Fsp3) is 0.571. The third kappa shape index (κ3) is 3.13. The fourth-order valence-electron chi connectivity index (χ4n) is 8.69. The maximum atomic E-state index is 13.0. The van der Waals surface area contributed by atoms with Crippen LogP contribution in [0.5, 0.6) is 0 Å². The number of hydroxylamine groups is 2. The first kappa shape index (κ1) is 23.4. The van der Waals surface area contributed by atoms with Crippen LogP contribution < -0.4 is 0 Å². The predicted octanol–water partition coefficient (Wildman–Crippen LogP) is 4.42. The number of rotatable bonds is 3. The molecular weight excluding hydrogens is 466 g/mol. The van der Waals surface area contributed by atoms with Gasteiger partial charge in [-0.05, 0) is 67.4 Å². The van der Waals surface area contributed by atoms with Gasteiger partial charge in [-0.25, -0.2) is 4.79 Å². The molecule has 1 aromatic rings. The lowest BCUT2D eigenvalue weighted by Gasteiger charge is -2.59. The molecule has 4 fully saturated rings. The van der Waals surface area contributed by atoms with Crippen LogP contribution in [-0.4, -0.2) is 45.3 Å². The number of carboxylic acid groups (broad SMARTS) is 1. The lowest BCUT2D eigenvalue weighted by atomic mass is 9.46. The van der Waals surface area contributed by atoms with E-state index in [0.29, 0.717) is 24.5 Å². The van der Waals surface area contributed by atoms with Gasteiger partial charge in [0.25, 0.3) is 0 Å². The van der Waals surface area contributed by atoms with E-state index in [0.717, 1.165) is 30.4 Å². The number of fused-ring (bicyclic) bond motifs is 7. The van der Waals surface area contributed by atoms with Crippen molar-refractivity contribution in [3.8, 4) is 0 Å². The highest BCUT2D eigenvalue weighted by molar-refractivity contribution is 6.30. The van der Waals surface area contributed by atoms with Crippen molar-refractivity contribution in [3.63, 3.8) is 0 Å². The Kier molecular flexibility index (Phi) is 5.19. The maximum Gasteiger partial charge on any atom is 0.339 e. The summed E-state index contributed by atoms with van der Waals surface area (Å²) in [6.45, 7) is 5.21. The second-order valence-electron chi connectivity index (χ2n) is 11.7. The number of allylic oxidation sites excluding steroid dienone is 4. The number of nitrogens with zero attached hydrogens (tertiary/aromatic N) is 1. The van der Waals surface area contributed by atoms with E-state index in [-0.39, 0.29) is 34.9 Å². The molecule has 0 amide bonds. The van der Waals surface area contributed by atoms with Crippen LogP contribution in [0.4, 0.5) is 0 Å². The number of aliphatic hydroxyl groups excluding tert-OH is 1. The van der Waals surface area contributed by atoms with E-state index in [1.165, 1.54) is 0 Å².